The maximum atomic E-state index is 12.7. The molecule has 1 aliphatic carbocycles. The van der Waals surface area contributed by atoms with E-state index in [1.54, 1.807) is 45.0 Å². The normalized spacial score (nSPS) is 18.0. The summed E-state index contributed by atoms with van der Waals surface area (Å²) in [5.74, 6) is -0.679. The summed E-state index contributed by atoms with van der Waals surface area (Å²) < 4.78 is 11.7. The fourth-order valence-corrected chi connectivity index (χ4v) is 3.67. The first-order chi connectivity index (χ1) is 11.1. The molecular formula is C17H21ClN2O3S. The van der Waals surface area contributed by atoms with Gasteiger partial charge in [-0.1, -0.05) is 32.4 Å². The molecule has 130 valence electrons. The molecular weight excluding hydrogens is 348 g/mol. The number of nitrogens with one attached hydrogen (secondary N) is 2. The number of aliphatic hydroxyl groups excluding tert-OH is 1. The summed E-state index contributed by atoms with van der Waals surface area (Å²) in [4.78, 5) is 13.0. The molecule has 1 aliphatic rings. The van der Waals surface area contributed by atoms with Crippen molar-refractivity contribution in [1.82, 2.24) is 5.32 Å². The molecule has 0 heterocycles. The third kappa shape index (κ3) is 4.12. The SMILES string of the molecule is CC(C)(C)/C(O)=C/C(=N)NC(=O)C1([S+]([O-])c2ccc(Cl)cc2)CC1. The van der Waals surface area contributed by atoms with Crippen LogP contribution in [0.1, 0.15) is 33.6 Å². The molecule has 3 N–H and O–H groups in total. The van der Waals surface area contributed by atoms with Crippen LogP contribution in [0.15, 0.2) is 41.0 Å². The van der Waals surface area contributed by atoms with E-state index in [1.807, 2.05) is 0 Å². The smallest absolute Gasteiger partial charge is 0.282 e. The second-order valence-electron chi connectivity index (χ2n) is 6.86. The van der Waals surface area contributed by atoms with Crippen LogP contribution in [-0.4, -0.2) is 26.1 Å². The van der Waals surface area contributed by atoms with Crippen molar-refractivity contribution in [2.24, 2.45) is 5.41 Å². The van der Waals surface area contributed by atoms with Crippen LogP contribution < -0.4 is 5.32 Å². The summed E-state index contributed by atoms with van der Waals surface area (Å²) in [5.41, 5.74) is -0.513. The van der Waals surface area contributed by atoms with Gasteiger partial charge >= 0.3 is 0 Å². The van der Waals surface area contributed by atoms with Crippen molar-refractivity contribution < 1.29 is 14.5 Å². The largest absolute Gasteiger partial charge is 0.611 e. The predicted molar refractivity (Wildman–Crippen MR) is 95.9 cm³/mol. The van der Waals surface area contributed by atoms with Gasteiger partial charge in [-0.15, -0.1) is 0 Å². The second kappa shape index (κ2) is 6.78. The molecule has 1 fully saturated rings. The molecule has 0 bridgehead atoms. The lowest BCUT2D eigenvalue weighted by molar-refractivity contribution is -0.120. The highest BCUT2D eigenvalue weighted by Crippen LogP contribution is 2.47. The van der Waals surface area contributed by atoms with E-state index in [-0.39, 0.29) is 11.6 Å². The summed E-state index contributed by atoms with van der Waals surface area (Å²) in [5, 5.41) is 20.7. The van der Waals surface area contributed by atoms with E-state index in [1.165, 1.54) is 6.08 Å². The van der Waals surface area contributed by atoms with Crippen molar-refractivity contribution in [3.8, 4) is 0 Å². The Kier molecular flexibility index (Phi) is 5.32. The van der Waals surface area contributed by atoms with Gasteiger partial charge in [0, 0.05) is 40.5 Å². The number of carbonyl (C=O) groups excluding carboxylic acids is 1. The molecule has 1 unspecified atom stereocenters. The van der Waals surface area contributed by atoms with Crippen molar-refractivity contribution in [3.05, 3.63) is 41.1 Å². The van der Waals surface area contributed by atoms with E-state index < -0.39 is 27.2 Å². The Morgan fingerprint density at radius 3 is 2.38 bits per heavy atom. The van der Waals surface area contributed by atoms with Crippen molar-refractivity contribution in [2.75, 3.05) is 0 Å². The van der Waals surface area contributed by atoms with Gasteiger partial charge in [-0.3, -0.25) is 10.2 Å². The molecule has 1 aromatic carbocycles. The molecule has 0 spiro atoms. The van der Waals surface area contributed by atoms with E-state index in [2.05, 4.69) is 5.32 Å². The summed E-state index contributed by atoms with van der Waals surface area (Å²) in [6.07, 6.45) is 2.20. The quantitative estimate of drug-likeness (QED) is 0.328. The molecule has 2 rings (SSSR count). The Hall–Kier alpha value is -1.50. The molecule has 24 heavy (non-hydrogen) atoms. The standard InChI is InChI=1S/C17H21ClN2O3S/c1-16(2,3)13(21)10-14(19)20-15(22)17(8-9-17)24(23)12-6-4-11(18)5-7-12/h4-7,10,21H,8-9H2,1-3H3,(H2,19,20,22)/b13-10-. The van der Waals surface area contributed by atoms with E-state index in [0.717, 1.165) is 0 Å². The van der Waals surface area contributed by atoms with Crippen LogP contribution in [0.5, 0.6) is 0 Å². The summed E-state index contributed by atoms with van der Waals surface area (Å²) >= 11 is 4.31. The summed E-state index contributed by atoms with van der Waals surface area (Å²) in [7, 11) is 0. The Bertz CT molecular complexity index is 676. The van der Waals surface area contributed by atoms with E-state index in [4.69, 9.17) is 17.0 Å². The summed E-state index contributed by atoms with van der Waals surface area (Å²) in [6, 6.07) is 6.55. The van der Waals surface area contributed by atoms with Gasteiger partial charge in [0.1, 0.15) is 11.6 Å². The van der Waals surface area contributed by atoms with Crippen molar-refractivity contribution in [3.63, 3.8) is 0 Å². The lowest BCUT2D eigenvalue weighted by Crippen LogP contribution is -2.44. The number of allylic oxidation sites excluding steroid dienone is 1. The Labute approximate surface area is 149 Å². The van der Waals surface area contributed by atoms with E-state index >= 15 is 0 Å². The van der Waals surface area contributed by atoms with Gasteiger partial charge in [0.2, 0.25) is 4.75 Å². The van der Waals surface area contributed by atoms with Crippen LogP contribution in [0, 0.1) is 10.8 Å². The molecule has 1 amide bonds. The van der Waals surface area contributed by atoms with Crippen molar-refractivity contribution in [1.29, 1.82) is 5.41 Å². The van der Waals surface area contributed by atoms with Crippen LogP contribution >= 0.6 is 11.6 Å². The average molecular weight is 369 g/mol. The van der Waals surface area contributed by atoms with Crippen LogP contribution in [0.3, 0.4) is 0 Å². The number of aliphatic hydroxyl groups is 1. The Balaban J connectivity index is 2.09. The number of rotatable bonds is 4. The summed E-state index contributed by atoms with van der Waals surface area (Å²) in [6.45, 7) is 5.39. The van der Waals surface area contributed by atoms with Gasteiger partial charge in [0.05, 0.1) is 0 Å². The van der Waals surface area contributed by atoms with Gasteiger partial charge in [-0.05, 0) is 24.3 Å². The fourth-order valence-electron chi connectivity index (χ4n) is 2.02. The van der Waals surface area contributed by atoms with Gasteiger partial charge in [-0.25, -0.2) is 0 Å². The van der Waals surface area contributed by atoms with E-state index in [0.29, 0.717) is 22.8 Å². The molecule has 1 saturated carbocycles. The molecule has 1 atom stereocenters. The van der Waals surface area contributed by atoms with Crippen LogP contribution in [-0.2, 0) is 16.0 Å². The average Bonchev–Trinajstić information content (AvgIpc) is 3.27. The Morgan fingerprint density at radius 1 is 1.38 bits per heavy atom. The highest BCUT2D eigenvalue weighted by molar-refractivity contribution is 7.94. The number of benzene rings is 1. The molecule has 0 aromatic heterocycles. The van der Waals surface area contributed by atoms with Crippen molar-refractivity contribution >= 4 is 34.5 Å². The zero-order valence-corrected chi connectivity index (χ0v) is 15.4. The van der Waals surface area contributed by atoms with Gasteiger partial charge in [0.15, 0.2) is 4.90 Å². The monoisotopic (exact) mass is 368 g/mol. The number of hydrogen-bond acceptors (Lipinski definition) is 4. The van der Waals surface area contributed by atoms with E-state index in [9.17, 15) is 14.5 Å². The maximum Gasteiger partial charge on any atom is 0.282 e. The molecule has 5 nitrogen and oxygen atoms in total. The second-order valence-corrected chi connectivity index (χ2v) is 9.09. The first kappa shape index (κ1) is 18.8. The lowest BCUT2D eigenvalue weighted by Gasteiger charge is -2.21. The molecule has 7 heteroatoms. The van der Waals surface area contributed by atoms with Crippen molar-refractivity contribution in [2.45, 2.75) is 43.3 Å². The third-order valence-electron chi connectivity index (χ3n) is 3.80. The number of hydrogen-bond donors (Lipinski definition) is 3. The number of carbonyl (C=O) groups is 1. The zero-order chi connectivity index (χ0) is 18.1. The zero-order valence-electron chi connectivity index (χ0n) is 13.9. The molecule has 0 radical (unpaired) electrons. The minimum atomic E-state index is -1.52. The first-order valence-corrected chi connectivity index (χ1v) is 9.08. The first-order valence-electron chi connectivity index (χ1n) is 7.55. The minimum absolute atomic E-state index is 0.00327. The Morgan fingerprint density at radius 2 is 1.92 bits per heavy atom. The third-order valence-corrected chi connectivity index (χ3v) is 6.05. The maximum absolute atomic E-state index is 12.7. The molecule has 1 aromatic rings. The van der Waals surface area contributed by atoms with Gasteiger partial charge < -0.3 is 15.0 Å². The topological polar surface area (TPSA) is 96.2 Å². The lowest BCUT2D eigenvalue weighted by atomic mass is 9.93. The number of amidine groups is 1. The molecule has 0 saturated heterocycles. The van der Waals surface area contributed by atoms with Crippen LogP contribution in [0.4, 0.5) is 0 Å². The number of halogens is 1. The van der Waals surface area contributed by atoms with Gasteiger partial charge in [-0.2, -0.15) is 0 Å². The highest BCUT2D eigenvalue weighted by Gasteiger charge is 2.61. The fraction of sp³-hybridized carbons (Fsp3) is 0.412. The highest BCUT2D eigenvalue weighted by atomic mass is 35.5. The van der Waals surface area contributed by atoms with Crippen LogP contribution in [0.25, 0.3) is 0 Å². The predicted octanol–water partition coefficient (Wildman–Crippen LogP) is 3.56. The number of amides is 1. The van der Waals surface area contributed by atoms with Crippen LogP contribution in [0.2, 0.25) is 5.02 Å². The molecule has 0 aliphatic heterocycles. The minimum Gasteiger partial charge on any atom is -0.611 e. The van der Waals surface area contributed by atoms with Gasteiger partial charge in [0.25, 0.3) is 5.91 Å².